The Kier molecular flexibility index (Phi) is 26.8. The van der Waals surface area contributed by atoms with Crippen LogP contribution in [0.2, 0.25) is 0 Å². The SMILES string of the molecule is CC(=O)N[C@H]1[C@H](O[C@H]2[C@H](O)[C@H](OP(=O)(O)OCCN)[C@@H](O[C@H]3[C@H](O)[C@@H](N)[C@@H](O)O[C@@H]3CO)O[C@@H]2CO[C@H]2O[C@H](CO)[C@@H](O)[C@H](O)[C@@H]2O[C@H]2O[C@H](COP(=O)(O)OCCN)[C@@H](O)[C@H](O)[C@@H]2O[C@H]2O[C@H](CO)[C@@H](O)[C@H](O)[C@@H]2O)O[C@H](CO)[C@H](O)[C@@H]1O. The van der Waals surface area contributed by atoms with Crippen LogP contribution >= 0.6 is 15.6 Å². The Morgan fingerprint density at radius 1 is 0.452 bits per heavy atom. The van der Waals surface area contributed by atoms with Crippen molar-refractivity contribution in [2.75, 3.05) is 65.9 Å². The number of nitrogens with one attached hydrogen (secondary N) is 1. The Bertz CT molecular complexity index is 2120. The van der Waals surface area contributed by atoms with Crippen molar-refractivity contribution in [2.24, 2.45) is 17.2 Å². The molecule has 0 aromatic carbocycles. The molecule has 6 heterocycles. The van der Waals surface area contributed by atoms with Crippen molar-refractivity contribution in [2.45, 2.75) is 191 Å². The summed E-state index contributed by atoms with van der Waals surface area (Å²) in [5.74, 6) is -0.873. The minimum absolute atomic E-state index is 0.261. The lowest BCUT2D eigenvalue weighted by atomic mass is 9.94. The molecule has 0 spiro atoms. The van der Waals surface area contributed by atoms with Gasteiger partial charge in [0.05, 0.1) is 58.9 Å². The Hall–Kier alpha value is -1.51. The maximum absolute atomic E-state index is 13.5. The lowest BCUT2D eigenvalue weighted by Gasteiger charge is -2.50. The zero-order valence-electron chi connectivity index (χ0n) is 44.4. The smallest absolute Gasteiger partial charge is 0.394 e. The van der Waals surface area contributed by atoms with Crippen LogP contribution in [0.15, 0.2) is 0 Å². The van der Waals surface area contributed by atoms with Gasteiger partial charge in [-0.25, -0.2) is 9.13 Å². The summed E-state index contributed by atoms with van der Waals surface area (Å²) in [7, 11) is -10.4. The molecule has 0 aromatic heterocycles. The fraction of sp³-hybridized carbons (Fsp3) is 0.976. The fourth-order valence-corrected chi connectivity index (χ4v) is 11.3. The maximum Gasteiger partial charge on any atom is 0.472 e. The summed E-state index contributed by atoms with van der Waals surface area (Å²) in [6.07, 6.45) is -58.6. The molecule has 0 aromatic rings. The van der Waals surface area contributed by atoms with Crippen LogP contribution in [0.4, 0.5) is 0 Å². The van der Waals surface area contributed by atoms with Crippen molar-refractivity contribution in [3.05, 3.63) is 0 Å². The normalized spacial score (nSPS) is 46.5. The summed E-state index contributed by atoms with van der Waals surface area (Å²) in [6.45, 7) is -7.25. The summed E-state index contributed by atoms with van der Waals surface area (Å²) in [5.41, 5.74) is 16.7. The van der Waals surface area contributed by atoms with E-state index in [4.69, 9.17) is 87.4 Å². The maximum atomic E-state index is 13.5. The fourth-order valence-electron chi connectivity index (χ4n) is 9.62. The van der Waals surface area contributed by atoms with E-state index in [0.29, 0.717) is 0 Å². The van der Waals surface area contributed by atoms with Gasteiger partial charge < -0.3 is 166 Å². The van der Waals surface area contributed by atoms with Crippen LogP contribution in [0.5, 0.6) is 0 Å². The van der Waals surface area contributed by atoms with E-state index in [0.717, 1.165) is 6.92 Å². The van der Waals surface area contributed by atoms with Gasteiger partial charge in [0.25, 0.3) is 0 Å². The van der Waals surface area contributed by atoms with E-state index < -0.39 is 259 Å². The Morgan fingerprint density at radius 2 is 0.893 bits per heavy atom. The highest BCUT2D eigenvalue weighted by atomic mass is 31.2. The number of hydrogen-bond acceptors (Lipinski definition) is 37. The second-order valence-corrected chi connectivity index (χ2v) is 22.9. The number of nitrogens with two attached hydrogens (primary N) is 3. The molecule has 84 heavy (non-hydrogen) atoms. The number of rotatable bonds is 27. The van der Waals surface area contributed by atoms with Gasteiger partial charge in [-0.15, -0.1) is 0 Å². The van der Waals surface area contributed by atoms with E-state index in [1.165, 1.54) is 0 Å². The molecule has 42 heteroatoms. The third-order valence-electron chi connectivity index (χ3n) is 14.1. The van der Waals surface area contributed by atoms with E-state index >= 15 is 0 Å². The van der Waals surface area contributed by atoms with Gasteiger partial charge in [0, 0.05) is 20.0 Å². The lowest BCUT2D eigenvalue weighted by molar-refractivity contribution is -0.397. The molecule has 1 amide bonds. The highest BCUT2D eigenvalue weighted by Gasteiger charge is 2.59. The van der Waals surface area contributed by atoms with E-state index in [2.05, 4.69) is 5.32 Å². The first-order chi connectivity index (χ1) is 39.6. The zero-order chi connectivity index (χ0) is 62.3. The van der Waals surface area contributed by atoms with Gasteiger partial charge in [-0.2, -0.15) is 0 Å². The average molecular weight is 1280 g/mol. The third-order valence-corrected chi connectivity index (χ3v) is 16.1. The van der Waals surface area contributed by atoms with Crippen molar-refractivity contribution in [1.29, 1.82) is 0 Å². The first kappa shape index (κ1) is 71.6. The van der Waals surface area contributed by atoms with Crippen molar-refractivity contribution >= 4 is 21.6 Å². The summed E-state index contributed by atoms with van der Waals surface area (Å²) in [6, 6.07) is -3.49. The highest BCUT2D eigenvalue weighted by Crippen LogP contribution is 2.48. The monoisotopic (exact) mass is 1280 g/mol. The molecular weight excluding hydrogens is 1200 g/mol. The number of hydrogen-bond donors (Lipinski definition) is 22. The third kappa shape index (κ3) is 17.1. The molecular formula is C42H78N4O36P2. The van der Waals surface area contributed by atoms with Gasteiger partial charge in [-0.3, -0.25) is 22.9 Å². The minimum Gasteiger partial charge on any atom is -0.394 e. The summed E-state index contributed by atoms with van der Waals surface area (Å²) in [4.78, 5) is 33.6. The molecule has 2 unspecified atom stereocenters. The summed E-state index contributed by atoms with van der Waals surface area (Å²) >= 11 is 0. The molecule has 492 valence electrons. The van der Waals surface area contributed by atoms with Gasteiger partial charge in [0.2, 0.25) is 5.91 Å². The predicted molar refractivity (Wildman–Crippen MR) is 260 cm³/mol. The molecule has 6 aliphatic heterocycles. The van der Waals surface area contributed by atoms with Crippen LogP contribution in [0, 0.1) is 0 Å². The Morgan fingerprint density at radius 3 is 1.46 bits per heavy atom. The minimum atomic E-state index is -5.42. The number of phosphoric acid groups is 2. The van der Waals surface area contributed by atoms with E-state index in [-0.39, 0.29) is 13.1 Å². The number of aliphatic hydroxyl groups excluding tert-OH is 16. The molecule has 0 saturated carbocycles. The molecule has 6 rings (SSSR count). The van der Waals surface area contributed by atoms with E-state index in [1.807, 2.05) is 0 Å². The van der Waals surface area contributed by atoms with Gasteiger partial charge in [0.15, 0.2) is 37.7 Å². The standard InChI is InChI=1S/C42H78N4O36P2/c1-12(51)46-20-26(57)21(52)13(6-47)73-38(20)78-33-18(77-42(36(31(33)62)82-84(66,67)70-5-3-44)79-32-16(9-50)72-37(63)19(45)25(32)56)10-68-40-34(28(59)23(54)15(8-49)75-40)81-41-35(80-39-30(61)27(58)22(53)14(7-48)74-39)29(60)24(55)17(76-41)11-71-83(64,65)69-4-2-43/h13-42,47-50,52-63H,2-11,43-45H2,1H3,(H,46,51)(H,64,65)(H,66,67)/t13-,14-,15-,16-,17-,18-,19-,20-,21+,22-,23-,24-,25-,26-,27+,28+,29+,30+,31+,32-,33-,34+,35+,36+,37+,38+,39-,40+,41-,42-/m1/s1. The number of carbonyl (C=O) groups is 1. The number of amides is 1. The van der Waals surface area contributed by atoms with E-state index in [1.54, 1.807) is 0 Å². The van der Waals surface area contributed by atoms with Crippen molar-refractivity contribution in [1.82, 2.24) is 5.32 Å². The van der Waals surface area contributed by atoms with Crippen molar-refractivity contribution in [3.63, 3.8) is 0 Å². The first-order valence-electron chi connectivity index (χ1n) is 26.0. The van der Waals surface area contributed by atoms with Crippen LogP contribution in [0.3, 0.4) is 0 Å². The predicted octanol–water partition coefficient (Wildman–Crippen LogP) is -13.8. The summed E-state index contributed by atoms with van der Waals surface area (Å²) < 4.78 is 110. The molecule has 6 fully saturated rings. The van der Waals surface area contributed by atoms with Gasteiger partial charge in [0.1, 0.15) is 140 Å². The molecule has 0 bridgehead atoms. The highest BCUT2D eigenvalue weighted by molar-refractivity contribution is 7.47. The first-order valence-corrected chi connectivity index (χ1v) is 29.0. The molecule has 6 saturated heterocycles. The molecule has 25 N–H and O–H groups in total. The molecule has 0 radical (unpaired) electrons. The largest absolute Gasteiger partial charge is 0.472 e. The van der Waals surface area contributed by atoms with Gasteiger partial charge >= 0.3 is 15.6 Å². The Labute approximate surface area is 475 Å². The number of ether oxygens (including phenoxy) is 11. The van der Waals surface area contributed by atoms with Crippen molar-refractivity contribution in [3.8, 4) is 0 Å². The van der Waals surface area contributed by atoms with E-state index in [9.17, 15) is 105 Å². The number of carbonyl (C=O) groups excluding carboxylic acids is 1. The quantitative estimate of drug-likeness (QED) is 0.0340. The van der Waals surface area contributed by atoms with Crippen LogP contribution in [-0.2, 0) is 84.1 Å². The second-order valence-electron chi connectivity index (χ2n) is 20.0. The topological polar surface area (TPSA) is 644 Å². The summed E-state index contributed by atoms with van der Waals surface area (Å²) in [5, 5.41) is 176. The molecule has 6 aliphatic rings. The molecule has 40 nitrogen and oxygen atoms in total. The van der Waals surface area contributed by atoms with Crippen LogP contribution in [0.25, 0.3) is 0 Å². The van der Waals surface area contributed by atoms with Crippen LogP contribution in [-0.4, -0.2) is 347 Å². The molecule has 0 aliphatic carbocycles. The van der Waals surface area contributed by atoms with Crippen LogP contribution < -0.4 is 22.5 Å². The molecule has 32 atom stereocenters. The van der Waals surface area contributed by atoms with Gasteiger partial charge in [-0.1, -0.05) is 0 Å². The van der Waals surface area contributed by atoms with Crippen molar-refractivity contribution < 1.29 is 176 Å². The van der Waals surface area contributed by atoms with Crippen LogP contribution in [0.1, 0.15) is 6.92 Å². The van der Waals surface area contributed by atoms with Gasteiger partial charge in [-0.05, 0) is 0 Å². The lowest BCUT2D eigenvalue weighted by Crippen LogP contribution is -2.69. The second kappa shape index (κ2) is 31.5. The number of phosphoric ester groups is 2. The zero-order valence-corrected chi connectivity index (χ0v) is 46.2. The average Bonchev–Trinajstić information content (AvgIpc) is 3.63. The Balaban J connectivity index is 1.41. The number of aliphatic hydroxyl groups is 16.